The SMILES string of the molecule is CCCOc1cc(C)nc(Nc2ccc(CCl)cc2)n1. The molecular weight excluding hydrogens is 274 g/mol. The van der Waals surface area contributed by atoms with Gasteiger partial charge in [-0.15, -0.1) is 11.6 Å². The van der Waals surface area contributed by atoms with Crippen molar-refractivity contribution in [1.29, 1.82) is 0 Å². The minimum Gasteiger partial charge on any atom is -0.478 e. The van der Waals surface area contributed by atoms with E-state index in [1.165, 1.54) is 0 Å². The zero-order chi connectivity index (χ0) is 14.4. The topological polar surface area (TPSA) is 47.0 Å². The van der Waals surface area contributed by atoms with E-state index in [2.05, 4.69) is 22.2 Å². The highest BCUT2D eigenvalue weighted by atomic mass is 35.5. The number of alkyl halides is 1. The molecule has 0 unspecified atom stereocenters. The Labute approximate surface area is 124 Å². The van der Waals surface area contributed by atoms with E-state index in [1.54, 1.807) is 0 Å². The van der Waals surface area contributed by atoms with Gasteiger partial charge >= 0.3 is 0 Å². The zero-order valence-corrected chi connectivity index (χ0v) is 12.4. The molecule has 0 aliphatic carbocycles. The molecule has 106 valence electrons. The van der Waals surface area contributed by atoms with Gasteiger partial charge in [-0.2, -0.15) is 4.98 Å². The number of benzene rings is 1. The maximum absolute atomic E-state index is 5.77. The Kier molecular flexibility index (Phi) is 5.18. The van der Waals surface area contributed by atoms with Gasteiger partial charge in [0.15, 0.2) is 0 Å². The van der Waals surface area contributed by atoms with Gasteiger partial charge in [0, 0.05) is 23.3 Å². The Morgan fingerprint density at radius 3 is 2.60 bits per heavy atom. The van der Waals surface area contributed by atoms with Crippen molar-refractivity contribution in [2.75, 3.05) is 11.9 Å². The summed E-state index contributed by atoms with van der Waals surface area (Å²) in [5.41, 5.74) is 2.87. The van der Waals surface area contributed by atoms with E-state index in [0.29, 0.717) is 24.3 Å². The lowest BCUT2D eigenvalue weighted by Gasteiger charge is -2.09. The molecule has 0 radical (unpaired) electrons. The van der Waals surface area contributed by atoms with Crippen LogP contribution in [0.15, 0.2) is 30.3 Å². The summed E-state index contributed by atoms with van der Waals surface area (Å²) in [4.78, 5) is 8.69. The third-order valence-corrected chi connectivity index (χ3v) is 2.96. The van der Waals surface area contributed by atoms with Crippen LogP contribution < -0.4 is 10.1 Å². The minimum atomic E-state index is 0.510. The van der Waals surface area contributed by atoms with Gasteiger partial charge in [0.2, 0.25) is 11.8 Å². The van der Waals surface area contributed by atoms with Crippen LogP contribution in [0, 0.1) is 6.92 Å². The summed E-state index contributed by atoms with van der Waals surface area (Å²) in [6.45, 7) is 4.63. The lowest BCUT2D eigenvalue weighted by Crippen LogP contribution is -2.03. The van der Waals surface area contributed by atoms with Crippen LogP contribution in [0.2, 0.25) is 0 Å². The molecule has 0 spiro atoms. The maximum atomic E-state index is 5.77. The number of hydrogen-bond acceptors (Lipinski definition) is 4. The molecule has 1 heterocycles. The van der Waals surface area contributed by atoms with E-state index in [1.807, 2.05) is 37.3 Å². The van der Waals surface area contributed by atoms with E-state index < -0.39 is 0 Å². The van der Waals surface area contributed by atoms with Gasteiger partial charge in [0.1, 0.15) is 0 Å². The fourth-order valence-electron chi connectivity index (χ4n) is 1.68. The molecule has 0 saturated heterocycles. The van der Waals surface area contributed by atoms with Crippen molar-refractivity contribution < 1.29 is 4.74 Å². The number of nitrogens with zero attached hydrogens (tertiary/aromatic N) is 2. The van der Waals surface area contributed by atoms with E-state index >= 15 is 0 Å². The summed E-state index contributed by atoms with van der Waals surface area (Å²) in [5.74, 6) is 1.64. The van der Waals surface area contributed by atoms with E-state index in [-0.39, 0.29) is 0 Å². The molecule has 5 heteroatoms. The van der Waals surface area contributed by atoms with Crippen LogP contribution >= 0.6 is 11.6 Å². The molecule has 0 fully saturated rings. The van der Waals surface area contributed by atoms with E-state index in [4.69, 9.17) is 16.3 Å². The van der Waals surface area contributed by atoms with Crippen LogP contribution in [0.1, 0.15) is 24.6 Å². The standard InChI is InChI=1S/C15H18ClN3O/c1-3-8-20-14-9-11(2)17-15(19-14)18-13-6-4-12(10-16)5-7-13/h4-7,9H,3,8,10H2,1-2H3,(H,17,18,19). The number of hydrogen-bond donors (Lipinski definition) is 1. The highest BCUT2D eigenvalue weighted by molar-refractivity contribution is 6.17. The van der Waals surface area contributed by atoms with Crippen LogP contribution in [0.4, 0.5) is 11.6 Å². The van der Waals surface area contributed by atoms with Gasteiger partial charge in [0.05, 0.1) is 6.61 Å². The molecule has 0 saturated carbocycles. The fraction of sp³-hybridized carbons (Fsp3) is 0.333. The highest BCUT2D eigenvalue weighted by Crippen LogP contribution is 2.18. The lowest BCUT2D eigenvalue weighted by molar-refractivity contribution is 0.305. The molecule has 0 aliphatic rings. The molecule has 0 aliphatic heterocycles. The monoisotopic (exact) mass is 291 g/mol. The van der Waals surface area contributed by atoms with Gasteiger partial charge < -0.3 is 10.1 Å². The summed E-state index contributed by atoms with van der Waals surface area (Å²) in [6.07, 6.45) is 0.950. The second-order valence-corrected chi connectivity index (χ2v) is 4.74. The predicted molar refractivity (Wildman–Crippen MR) is 81.8 cm³/mol. The minimum absolute atomic E-state index is 0.510. The Hall–Kier alpha value is -1.81. The molecule has 0 atom stereocenters. The fourth-order valence-corrected chi connectivity index (χ4v) is 1.86. The number of halogens is 1. The van der Waals surface area contributed by atoms with Gasteiger partial charge in [-0.3, -0.25) is 0 Å². The van der Waals surface area contributed by atoms with Crippen LogP contribution in [-0.2, 0) is 5.88 Å². The molecule has 0 bridgehead atoms. The summed E-state index contributed by atoms with van der Waals surface area (Å²) in [7, 11) is 0. The Morgan fingerprint density at radius 1 is 1.20 bits per heavy atom. The van der Waals surface area contributed by atoms with Crippen LogP contribution in [-0.4, -0.2) is 16.6 Å². The largest absolute Gasteiger partial charge is 0.478 e. The number of aryl methyl sites for hydroxylation is 1. The molecule has 1 N–H and O–H groups in total. The number of ether oxygens (including phenoxy) is 1. The van der Waals surface area contributed by atoms with Crippen molar-refractivity contribution >= 4 is 23.2 Å². The first-order valence-corrected chi connectivity index (χ1v) is 7.15. The molecule has 1 aromatic heterocycles. The van der Waals surface area contributed by atoms with Gasteiger partial charge in [0.25, 0.3) is 0 Å². The van der Waals surface area contributed by atoms with Crippen LogP contribution in [0.3, 0.4) is 0 Å². The number of rotatable bonds is 6. The smallest absolute Gasteiger partial charge is 0.230 e. The van der Waals surface area contributed by atoms with Crippen molar-refractivity contribution in [3.63, 3.8) is 0 Å². The van der Waals surface area contributed by atoms with E-state index in [0.717, 1.165) is 23.4 Å². The number of nitrogens with one attached hydrogen (secondary N) is 1. The average molecular weight is 292 g/mol. The summed E-state index contributed by atoms with van der Waals surface area (Å²) >= 11 is 5.77. The molecular formula is C15H18ClN3O. The molecule has 4 nitrogen and oxygen atoms in total. The molecule has 1 aromatic carbocycles. The van der Waals surface area contributed by atoms with Gasteiger partial charge in [-0.05, 0) is 31.0 Å². The normalized spacial score (nSPS) is 10.3. The second-order valence-electron chi connectivity index (χ2n) is 4.48. The number of anilines is 2. The van der Waals surface area contributed by atoms with Crippen LogP contribution in [0.25, 0.3) is 0 Å². The summed E-state index contributed by atoms with van der Waals surface area (Å²) in [5, 5.41) is 3.17. The van der Waals surface area contributed by atoms with E-state index in [9.17, 15) is 0 Å². The first-order chi connectivity index (χ1) is 9.71. The Balaban J connectivity index is 2.12. The first-order valence-electron chi connectivity index (χ1n) is 6.61. The Morgan fingerprint density at radius 2 is 1.95 bits per heavy atom. The average Bonchev–Trinajstić information content (AvgIpc) is 2.45. The van der Waals surface area contributed by atoms with Crippen molar-refractivity contribution in [2.45, 2.75) is 26.1 Å². The van der Waals surface area contributed by atoms with Gasteiger partial charge in [-0.25, -0.2) is 4.98 Å². The molecule has 2 aromatic rings. The third-order valence-electron chi connectivity index (χ3n) is 2.65. The highest BCUT2D eigenvalue weighted by Gasteiger charge is 2.04. The number of aromatic nitrogens is 2. The van der Waals surface area contributed by atoms with Crippen molar-refractivity contribution in [2.24, 2.45) is 0 Å². The zero-order valence-electron chi connectivity index (χ0n) is 11.7. The lowest BCUT2D eigenvalue weighted by atomic mass is 10.2. The summed E-state index contributed by atoms with van der Waals surface area (Å²) in [6, 6.07) is 9.68. The first kappa shape index (κ1) is 14.6. The Bertz CT molecular complexity index is 558. The third kappa shape index (κ3) is 4.10. The van der Waals surface area contributed by atoms with Crippen molar-refractivity contribution in [3.05, 3.63) is 41.6 Å². The van der Waals surface area contributed by atoms with Crippen molar-refractivity contribution in [3.8, 4) is 5.88 Å². The van der Waals surface area contributed by atoms with Crippen LogP contribution in [0.5, 0.6) is 5.88 Å². The maximum Gasteiger partial charge on any atom is 0.230 e. The van der Waals surface area contributed by atoms with Crippen molar-refractivity contribution in [1.82, 2.24) is 9.97 Å². The predicted octanol–water partition coefficient (Wildman–Crippen LogP) is 4.06. The molecule has 2 rings (SSSR count). The molecule has 0 amide bonds. The second kappa shape index (κ2) is 7.10. The van der Waals surface area contributed by atoms with Gasteiger partial charge in [-0.1, -0.05) is 19.1 Å². The molecule has 20 heavy (non-hydrogen) atoms. The quantitative estimate of drug-likeness (QED) is 0.816. The summed E-state index contributed by atoms with van der Waals surface area (Å²) < 4.78 is 5.54.